The van der Waals surface area contributed by atoms with Gasteiger partial charge in [-0.05, 0) is 65.0 Å². The first-order valence-electron chi connectivity index (χ1n) is 6.87. The molecule has 3 rings (SSSR count). The Morgan fingerprint density at radius 3 is 2.60 bits per heavy atom. The van der Waals surface area contributed by atoms with Crippen molar-refractivity contribution in [2.45, 2.75) is 32.4 Å². The van der Waals surface area contributed by atoms with Crippen LogP contribution in [0.4, 0.5) is 11.5 Å². The molecule has 0 spiro atoms. The minimum Gasteiger partial charge on any atom is -0.399 e. The molecule has 0 saturated heterocycles. The van der Waals surface area contributed by atoms with Gasteiger partial charge in [0.2, 0.25) is 0 Å². The number of anilines is 2. The zero-order chi connectivity index (χ0) is 14.1. The quantitative estimate of drug-likeness (QED) is 0.864. The third kappa shape index (κ3) is 2.80. The molecule has 104 valence electrons. The smallest absolute Gasteiger partial charge is 0.143 e. The van der Waals surface area contributed by atoms with Gasteiger partial charge in [0, 0.05) is 24.5 Å². The summed E-state index contributed by atoms with van der Waals surface area (Å²) >= 11 is 3.68. The number of nitrogens with zero attached hydrogens (tertiary/aromatic N) is 2. The molecule has 0 unspecified atom stereocenters. The number of hydrogen-bond donors (Lipinski definition) is 1. The number of benzene rings is 1. The maximum absolute atomic E-state index is 5.75. The molecule has 4 heteroatoms. The lowest BCUT2D eigenvalue weighted by molar-refractivity contribution is 0.775. The van der Waals surface area contributed by atoms with E-state index in [2.05, 4.69) is 44.9 Å². The fraction of sp³-hybridized carbons (Fsp3) is 0.312. The van der Waals surface area contributed by atoms with Gasteiger partial charge in [-0.1, -0.05) is 12.1 Å². The number of hydrogen-bond acceptors (Lipinski definition) is 3. The molecule has 1 heterocycles. The van der Waals surface area contributed by atoms with Crippen LogP contribution in [0.1, 0.15) is 24.0 Å². The number of halogens is 1. The van der Waals surface area contributed by atoms with E-state index >= 15 is 0 Å². The second-order valence-electron chi connectivity index (χ2n) is 5.37. The van der Waals surface area contributed by atoms with Crippen molar-refractivity contribution in [1.82, 2.24) is 4.98 Å². The van der Waals surface area contributed by atoms with Crippen molar-refractivity contribution in [3.05, 3.63) is 52.1 Å². The Labute approximate surface area is 127 Å². The van der Waals surface area contributed by atoms with Crippen LogP contribution in [0.2, 0.25) is 0 Å². The summed E-state index contributed by atoms with van der Waals surface area (Å²) < 4.78 is 1.10. The number of aryl methyl sites for hydroxylation is 1. The van der Waals surface area contributed by atoms with Crippen molar-refractivity contribution < 1.29 is 0 Å². The van der Waals surface area contributed by atoms with Crippen molar-refractivity contribution in [3.63, 3.8) is 0 Å². The Bertz CT molecular complexity index is 606. The molecule has 0 aliphatic heterocycles. The predicted molar refractivity (Wildman–Crippen MR) is 86.7 cm³/mol. The summed E-state index contributed by atoms with van der Waals surface area (Å²) in [6.45, 7) is 2.98. The second-order valence-corrected chi connectivity index (χ2v) is 6.16. The van der Waals surface area contributed by atoms with Crippen LogP contribution in [0.5, 0.6) is 0 Å². The topological polar surface area (TPSA) is 42.2 Å². The molecule has 20 heavy (non-hydrogen) atoms. The van der Waals surface area contributed by atoms with Crippen molar-refractivity contribution in [3.8, 4) is 0 Å². The van der Waals surface area contributed by atoms with Crippen LogP contribution >= 0.6 is 15.9 Å². The van der Waals surface area contributed by atoms with Gasteiger partial charge in [0.15, 0.2) is 0 Å². The second kappa shape index (κ2) is 5.44. The highest BCUT2D eigenvalue weighted by Crippen LogP contribution is 2.36. The molecule has 0 radical (unpaired) electrons. The molecule has 0 amide bonds. The minimum atomic E-state index is 0.609. The average molecular weight is 332 g/mol. The SMILES string of the molecule is Cc1ccnc(N(Cc2ccc(N)cc2)C2CC2)c1Br. The van der Waals surface area contributed by atoms with E-state index in [-0.39, 0.29) is 0 Å². The number of nitrogens with two attached hydrogens (primary N) is 1. The lowest BCUT2D eigenvalue weighted by Crippen LogP contribution is -2.26. The fourth-order valence-electron chi connectivity index (χ4n) is 2.31. The molecular weight excluding hydrogens is 314 g/mol. The number of pyridine rings is 1. The van der Waals surface area contributed by atoms with Gasteiger partial charge in [-0.25, -0.2) is 4.98 Å². The predicted octanol–water partition coefficient (Wildman–Crippen LogP) is 3.90. The van der Waals surface area contributed by atoms with E-state index in [1.165, 1.54) is 24.0 Å². The lowest BCUT2D eigenvalue weighted by Gasteiger charge is -2.25. The normalized spacial score (nSPS) is 14.3. The largest absolute Gasteiger partial charge is 0.399 e. The maximum Gasteiger partial charge on any atom is 0.143 e. The van der Waals surface area contributed by atoms with E-state index in [4.69, 9.17) is 5.73 Å². The molecule has 1 aromatic carbocycles. The molecule has 0 atom stereocenters. The van der Waals surface area contributed by atoms with Gasteiger partial charge < -0.3 is 10.6 Å². The molecule has 1 saturated carbocycles. The van der Waals surface area contributed by atoms with Crippen LogP contribution in [0.15, 0.2) is 41.0 Å². The monoisotopic (exact) mass is 331 g/mol. The fourth-order valence-corrected chi connectivity index (χ4v) is 2.77. The molecule has 2 aromatic rings. The van der Waals surface area contributed by atoms with Crippen LogP contribution in [-0.2, 0) is 6.54 Å². The Morgan fingerprint density at radius 2 is 1.95 bits per heavy atom. The van der Waals surface area contributed by atoms with E-state index in [1.54, 1.807) is 0 Å². The molecule has 1 fully saturated rings. The summed E-state index contributed by atoms with van der Waals surface area (Å²) in [7, 11) is 0. The highest BCUT2D eigenvalue weighted by molar-refractivity contribution is 9.10. The molecule has 1 aromatic heterocycles. The molecule has 1 aliphatic rings. The lowest BCUT2D eigenvalue weighted by atomic mass is 10.2. The molecular formula is C16H18BrN3. The molecule has 2 N–H and O–H groups in total. The Kier molecular flexibility index (Phi) is 3.66. The van der Waals surface area contributed by atoms with E-state index < -0.39 is 0 Å². The highest BCUT2D eigenvalue weighted by Gasteiger charge is 2.31. The van der Waals surface area contributed by atoms with E-state index in [9.17, 15) is 0 Å². The van der Waals surface area contributed by atoms with Crippen LogP contribution in [0.25, 0.3) is 0 Å². The van der Waals surface area contributed by atoms with E-state index in [0.29, 0.717) is 6.04 Å². The number of nitrogen functional groups attached to an aromatic ring is 1. The van der Waals surface area contributed by atoms with Gasteiger partial charge in [0.05, 0.1) is 4.47 Å². The van der Waals surface area contributed by atoms with Crippen molar-refractivity contribution in [2.24, 2.45) is 0 Å². The standard InChI is InChI=1S/C16H18BrN3/c1-11-8-9-19-16(15(11)17)20(14-6-7-14)10-12-2-4-13(18)5-3-12/h2-5,8-9,14H,6-7,10,18H2,1H3. The van der Waals surface area contributed by atoms with E-state index in [0.717, 1.165) is 22.5 Å². The summed E-state index contributed by atoms with van der Waals surface area (Å²) in [5.74, 6) is 1.05. The van der Waals surface area contributed by atoms with Gasteiger partial charge in [-0.15, -0.1) is 0 Å². The van der Waals surface area contributed by atoms with Crippen molar-refractivity contribution in [1.29, 1.82) is 0 Å². The highest BCUT2D eigenvalue weighted by atomic mass is 79.9. The summed E-state index contributed by atoms with van der Waals surface area (Å²) in [4.78, 5) is 6.96. The van der Waals surface area contributed by atoms with Crippen LogP contribution in [0.3, 0.4) is 0 Å². The van der Waals surface area contributed by atoms with Gasteiger partial charge in [0.25, 0.3) is 0 Å². The summed E-state index contributed by atoms with van der Waals surface area (Å²) in [6.07, 6.45) is 4.38. The van der Waals surface area contributed by atoms with Crippen LogP contribution < -0.4 is 10.6 Å². The average Bonchev–Trinajstić information content (AvgIpc) is 3.26. The van der Waals surface area contributed by atoms with Gasteiger partial charge in [0.1, 0.15) is 5.82 Å². The number of rotatable bonds is 4. The first-order valence-corrected chi connectivity index (χ1v) is 7.66. The first-order chi connectivity index (χ1) is 9.65. The van der Waals surface area contributed by atoms with E-state index in [1.807, 2.05) is 24.4 Å². The van der Waals surface area contributed by atoms with Crippen molar-refractivity contribution >= 4 is 27.4 Å². The first kappa shape index (κ1) is 13.4. The van der Waals surface area contributed by atoms with Crippen LogP contribution in [0, 0.1) is 6.92 Å². The Balaban J connectivity index is 1.89. The third-order valence-corrected chi connectivity index (χ3v) is 4.64. The van der Waals surface area contributed by atoms with Crippen LogP contribution in [-0.4, -0.2) is 11.0 Å². The number of aromatic nitrogens is 1. The molecule has 0 bridgehead atoms. The molecule has 1 aliphatic carbocycles. The van der Waals surface area contributed by atoms with Gasteiger partial charge in [-0.2, -0.15) is 0 Å². The maximum atomic E-state index is 5.75. The molecule has 3 nitrogen and oxygen atoms in total. The minimum absolute atomic E-state index is 0.609. The summed E-state index contributed by atoms with van der Waals surface area (Å²) in [6, 6.07) is 10.7. The Morgan fingerprint density at radius 1 is 1.25 bits per heavy atom. The summed E-state index contributed by atoms with van der Waals surface area (Å²) in [5.41, 5.74) is 9.04. The van der Waals surface area contributed by atoms with Gasteiger partial charge >= 0.3 is 0 Å². The zero-order valence-corrected chi connectivity index (χ0v) is 13.1. The van der Waals surface area contributed by atoms with Gasteiger partial charge in [-0.3, -0.25) is 0 Å². The Hall–Kier alpha value is -1.55. The zero-order valence-electron chi connectivity index (χ0n) is 11.5. The third-order valence-electron chi connectivity index (χ3n) is 3.66. The van der Waals surface area contributed by atoms with Crippen molar-refractivity contribution in [2.75, 3.05) is 10.6 Å². The summed E-state index contributed by atoms with van der Waals surface area (Å²) in [5, 5.41) is 0.